The molecule has 3 nitrogen and oxygen atoms in total. The van der Waals surface area contributed by atoms with Crippen LogP contribution in [0.2, 0.25) is 0 Å². The summed E-state index contributed by atoms with van der Waals surface area (Å²) in [5.41, 5.74) is 1.66. The molecule has 5 heteroatoms. The number of benzene rings is 1. The zero-order chi connectivity index (χ0) is 12.9. The van der Waals surface area contributed by atoms with Crippen molar-refractivity contribution in [3.8, 4) is 5.75 Å². The molecule has 1 fully saturated rings. The molecule has 96 valence electrons. The summed E-state index contributed by atoms with van der Waals surface area (Å²) in [6.45, 7) is 2.23. The van der Waals surface area contributed by atoms with Crippen molar-refractivity contribution in [3.63, 3.8) is 0 Å². The number of rotatable bonds is 2. The first-order chi connectivity index (χ1) is 8.60. The van der Waals surface area contributed by atoms with Crippen LogP contribution in [-0.4, -0.2) is 16.7 Å². The van der Waals surface area contributed by atoms with Gasteiger partial charge in [0.2, 0.25) is 0 Å². The van der Waals surface area contributed by atoms with Crippen LogP contribution in [0.4, 0.5) is 4.39 Å². The summed E-state index contributed by atoms with van der Waals surface area (Å²) in [6, 6.07) is 3.60. The highest BCUT2D eigenvalue weighted by molar-refractivity contribution is 7.71. The standard InChI is InChI=1S/C13H15FN2OS/c1-7-3-8(4-7)16-11-6-12(17-2)9(14)5-10(11)15-13(16)18/h5-8H,3-4H2,1-2H3,(H,15,18). The Balaban J connectivity index is 2.18. The lowest BCUT2D eigenvalue weighted by Gasteiger charge is -2.34. The Kier molecular flexibility index (Phi) is 2.66. The molecule has 0 radical (unpaired) electrons. The van der Waals surface area contributed by atoms with Gasteiger partial charge < -0.3 is 14.3 Å². The number of fused-ring (bicyclic) bond motifs is 1. The van der Waals surface area contributed by atoms with Crippen LogP contribution in [0.1, 0.15) is 25.8 Å². The Morgan fingerprint density at radius 1 is 1.44 bits per heavy atom. The van der Waals surface area contributed by atoms with Gasteiger partial charge in [-0.2, -0.15) is 0 Å². The number of ether oxygens (including phenoxy) is 1. The third-order valence-corrected chi connectivity index (χ3v) is 4.00. The number of hydrogen-bond donors (Lipinski definition) is 1. The largest absolute Gasteiger partial charge is 0.494 e. The van der Waals surface area contributed by atoms with Gasteiger partial charge in [-0.3, -0.25) is 0 Å². The van der Waals surface area contributed by atoms with Crippen LogP contribution in [0.3, 0.4) is 0 Å². The van der Waals surface area contributed by atoms with Crippen molar-refractivity contribution >= 4 is 23.3 Å². The van der Waals surface area contributed by atoms with E-state index in [-0.39, 0.29) is 11.6 Å². The SMILES string of the molecule is COc1cc2c(cc1F)[nH]c(=S)n2C1CC(C)C1. The van der Waals surface area contributed by atoms with Gasteiger partial charge in [0.1, 0.15) is 0 Å². The number of methoxy groups -OCH3 is 1. The van der Waals surface area contributed by atoms with E-state index in [1.165, 1.54) is 13.2 Å². The quantitative estimate of drug-likeness (QED) is 0.837. The monoisotopic (exact) mass is 266 g/mol. The molecule has 0 spiro atoms. The molecule has 1 aromatic carbocycles. The van der Waals surface area contributed by atoms with Crippen molar-refractivity contribution in [2.24, 2.45) is 5.92 Å². The Labute approximate surface area is 110 Å². The highest BCUT2D eigenvalue weighted by atomic mass is 32.1. The third kappa shape index (κ3) is 1.65. The molecule has 0 amide bonds. The number of nitrogens with one attached hydrogen (secondary N) is 1. The Bertz CT molecular complexity index is 655. The summed E-state index contributed by atoms with van der Waals surface area (Å²) < 4.78 is 21.4. The van der Waals surface area contributed by atoms with Crippen LogP contribution < -0.4 is 4.74 Å². The smallest absolute Gasteiger partial charge is 0.178 e. The van der Waals surface area contributed by atoms with Crippen LogP contribution >= 0.6 is 12.2 Å². The topological polar surface area (TPSA) is 29.9 Å². The van der Waals surface area contributed by atoms with E-state index >= 15 is 0 Å². The van der Waals surface area contributed by atoms with E-state index in [0.29, 0.717) is 10.8 Å². The van der Waals surface area contributed by atoms with Gasteiger partial charge in [0, 0.05) is 18.2 Å². The van der Waals surface area contributed by atoms with E-state index in [4.69, 9.17) is 17.0 Å². The minimum absolute atomic E-state index is 0.262. The zero-order valence-electron chi connectivity index (χ0n) is 10.4. The van der Waals surface area contributed by atoms with Gasteiger partial charge in [-0.05, 0) is 31.0 Å². The molecule has 0 unspecified atom stereocenters. The fourth-order valence-electron chi connectivity index (χ4n) is 2.72. The lowest BCUT2D eigenvalue weighted by atomic mass is 9.81. The van der Waals surface area contributed by atoms with Crippen molar-refractivity contribution in [2.45, 2.75) is 25.8 Å². The summed E-state index contributed by atoms with van der Waals surface area (Å²) in [5.74, 6) is 0.636. The summed E-state index contributed by atoms with van der Waals surface area (Å²) >= 11 is 5.33. The lowest BCUT2D eigenvalue weighted by Crippen LogP contribution is -2.24. The van der Waals surface area contributed by atoms with Gasteiger partial charge in [-0.1, -0.05) is 6.92 Å². The molecule has 1 aliphatic rings. The first-order valence-electron chi connectivity index (χ1n) is 6.08. The van der Waals surface area contributed by atoms with Crippen LogP contribution in [0.15, 0.2) is 12.1 Å². The minimum Gasteiger partial charge on any atom is -0.494 e. The first-order valence-corrected chi connectivity index (χ1v) is 6.48. The van der Waals surface area contributed by atoms with E-state index in [1.807, 2.05) is 0 Å². The minimum atomic E-state index is -0.365. The Hall–Kier alpha value is -1.36. The van der Waals surface area contributed by atoms with E-state index in [9.17, 15) is 4.39 Å². The average Bonchev–Trinajstić information content (AvgIpc) is 2.59. The summed E-state index contributed by atoms with van der Waals surface area (Å²) in [7, 11) is 1.47. The van der Waals surface area contributed by atoms with Crippen LogP contribution in [0.5, 0.6) is 5.75 Å². The molecular weight excluding hydrogens is 251 g/mol. The highest BCUT2D eigenvalue weighted by Gasteiger charge is 2.28. The molecule has 1 heterocycles. The number of imidazole rings is 1. The molecule has 1 aliphatic carbocycles. The molecule has 0 saturated heterocycles. The van der Waals surface area contributed by atoms with Crippen molar-refractivity contribution in [3.05, 3.63) is 22.7 Å². The molecule has 0 bridgehead atoms. The molecule has 2 aromatic rings. The predicted molar refractivity (Wildman–Crippen MR) is 71.1 cm³/mol. The number of H-pyrrole nitrogens is 1. The molecule has 1 saturated carbocycles. The summed E-state index contributed by atoms with van der Waals surface area (Å²) in [5, 5.41) is 0. The molecule has 3 rings (SSSR count). The number of aromatic amines is 1. The normalized spacial score (nSPS) is 23.1. The first kappa shape index (κ1) is 11.7. The third-order valence-electron chi connectivity index (χ3n) is 3.70. The second-order valence-corrected chi connectivity index (χ2v) is 5.42. The maximum Gasteiger partial charge on any atom is 0.178 e. The van der Waals surface area contributed by atoms with Crippen molar-refractivity contribution in [1.29, 1.82) is 0 Å². The van der Waals surface area contributed by atoms with Crippen LogP contribution in [0.25, 0.3) is 11.0 Å². The molecular formula is C13H15FN2OS. The van der Waals surface area contributed by atoms with Gasteiger partial charge in [0.15, 0.2) is 16.3 Å². The van der Waals surface area contributed by atoms with Gasteiger partial charge in [0.25, 0.3) is 0 Å². The number of halogens is 1. The number of nitrogens with zero attached hydrogens (tertiary/aromatic N) is 1. The van der Waals surface area contributed by atoms with Gasteiger partial charge in [0.05, 0.1) is 18.1 Å². The Morgan fingerprint density at radius 3 is 2.78 bits per heavy atom. The zero-order valence-corrected chi connectivity index (χ0v) is 11.2. The number of hydrogen-bond acceptors (Lipinski definition) is 2. The molecule has 0 atom stereocenters. The second-order valence-electron chi connectivity index (χ2n) is 5.03. The van der Waals surface area contributed by atoms with Crippen molar-refractivity contribution in [1.82, 2.24) is 9.55 Å². The van der Waals surface area contributed by atoms with Crippen LogP contribution in [-0.2, 0) is 0 Å². The van der Waals surface area contributed by atoms with Crippen LogP contribution in [0, 0.1) is 16.5 Å². The van der Waals surface area contributed by atoms with Crippen molar-refractivity contribution < 1.29 is 9.13 Å². The predicted octanol–water partition coefficient (Wildman–Crippen LogP) is 3.82. The Morgan fingerprint density at radius 2 is 2.17 bits per heavy atom. The van der Waals surface area contributed by atoms with E-state index < -0.39 is 0 Å². The lowest BCUT2D eigenvalue weighted by molar-refractivity contribution is 0.219. The van der Waals surface area contributed by atoms with E-state index in [0.717, 1.165) is 29.8 Å². The van der Waals surface area contributed by atoms with Gasteiger partial charge >= 0.3 is 0 Å². The van der Waals surface area contributed by atoms with Gasteiger partial charge in [-0.25, -0.2) is 4.39 Å². The fourth-order valence-corrected chi connectivity index (χ4v) is 3.07. The highest BCUT2D eigenvalue weighted by Crippen LogP contribution is 2.40. The maximum absolute atomic E-state index is 13.6. The molecule has 1 N–H and O–H groups in total. The van der Waals surface area contributed by atoms with E-state index in [1.54, 1.807) is 6.07 Å². The maximum atomic E-state index is 13.6. The summed E-state index contributed by atoms with van der Waals surface area (Å²) in [4.78, 5) is 3.07. The van der Waals surface area contributed by atoms with Crippen molar-refractivity contribution in [2.75, 3.05) is 7.11 Å². The fraction of sp³-hybridized carbons (Fsp3) is 0.462. The molecule has 1 aromatic heterocycles. The van der Waals surface area contributed by atoms with E-state index in [2.05, 4.69) is 16.5 Å². The summed E-state index contributed by atoms with van der Waals surface area (Å²) in [6.07, 6.45) is 2.25. The van der Waals surface area contributed by atoms with Gasteiger partial charge in [-0.15, -0.1) is 0 Å². The molecule has 0 aliphatic heterocycles. The average molecular weight is 266 g/mol. The second kappa shape index (κ2) is 4.09. The number of aromatic nitrogens is 2. The molecule has 18 heavy (non-hydrogen) atoms.